The molecular formula is C18H14ClN3O5S. The number of nitro groups is 1. The zero-order valence-corrected chi connectivity index (χ0v) is 16.1. The first-order valence-corrected chi connectivity index (χ1v) is 9.78. The van der Waals surface area contributed by atoms with Crippen LogP contribution in [0, 0.1) is 17.0 Å². The Balaban J connectivity index is 1.78. The first-order chi connectivity index (χ1) is 13.3. The number of rotatable bonds is 6. The third-order valence-electron chi connectivity index (χ3n) is 3.74. The van der Waals surface area contributed by atoms with Crippen LogP contribution in [0.4, 0.5) is 5.69 Å². The van der Waals surface area contributed by atoms with Crippen LogP contribution in [0.25, 0.3) is 11.3 Å². The smallest absolute Gasteiger partial charge is 0.281 e. The molecule has 3 rings (SSSR count). The summed E-state index contributed by atoms with van der Waals surface area (Å²) in [7, 11) is -3.81. The highest BCUT2D eigenvalue weighted by Crippen LogP contribution is 2.33. The van der Waals surface area contributed by atoms with Crippen LogP contribution in [0.5, 0.6) is 0 Å². The van der Waals surface area contributed by atoms with Crippen molar-refractivity contribution in [1.29, 1.82) is 0 Å². The summed E-state index contributed by atoms with van der Waals surface area (Å²) in [5, 5.41) is 15.1. The van der Waals surface area contributed by atoms with Crippen LogP contribution in [-0.4, -0.2) is 19.6 Å². The lowest BCUT2D eigenvalue weighted by atomic mass is 10.1. The van der Waals surface area contributed by atoms with Gasteiger partial charge in [-0.1, -0.05) is 29.3 Å². The molecule has 0 fully saturated rings. The molecule has 0 saturated carbocycles. The molecule has 3 aromatic rings. The SMILES string of the molecule is Cc1ccc(S(=O)(=O)N/N=C/c2ccc(-c3ccc(Cl)cc3[N+](=O)[O-])o2)cc1. The van der Waals surface area contributed by atoms with Crippen molar-refractivity contribution < 1.29 is 17.8 Å². The van der Waals surface area contributed by atoms with E-state index in [-0.39, 0.29) is 32.7 Å². The van der Waals surface area contributed by atoms with Crippen LogP contribution >= 0.6 is 11.6 Å². The largest absolute Gasteiger partial charge is 0.455 e. The second kappa shape index (κ2) is 7.83. The Bertz CT molecular complexity index is 1150. The predicted octanol–water partition coefficient (Wildman–Crippen LogP) is 4.13. The third kappa shape index (κ3) is 4.38. The molecule has 0 saturated heterocycles. The van der Waals surface area contributed by atoms with Crippen LogP contribution < -0.4 is 4.83 Å². The molecule has 0 aliphatic carbocycles. The van der Waals surface area contributed by atoms with E-state index < -0.39 is 14.9 Å². The maximum absolute atomic E-state index is 12.2. The van der Waals surface area contributed by atoms with Crippen LogP contribution in [0.2, 0.25) is 5.02 Å². The molecule has 0 bridgehead atoms. The zero-order chi connectivity index (χ0) is 20.3. The van der Waals surface area contributed by atoms with E-state index >= 15 is 0 Å². The van der Waals surface area contributed by atoms with Crippen LogP contribution in [0.15, 0.2) is 69.0 Å². The van der Waals surface area contributed by atoms with Crippen molar-refractivity contribution in [2.75, 3.05) is 0 Å². The highest BCUT2D eigenvalue weighted by molar-refractivity contribution is 7.89. The summed E-state index contributed by atoms with van der Waals surface area (Å²) in [5.41, 5.74) is 0.974. The first-order valence-electron chi connectivity index (χ1n) is 7.92. The third-order valence-corrected chi connectivity index (χ3v) is 5.22. The number of sulfonamides is 1. The summed E-state index contributed by atoms with van der Waals surface area (Å²) in [6.45, 7) is 1.85. The Hall–Kier alpha value is -3.17. The van der Waals surface area contributed by atoms with Crippen molar-refractivity contribution in [1.82, 2.24) is 4.83 Å². The Morgan fingerprint density at radius 2 is 1.86 bits per heavy atom. The van der Waals surface area contributed by atoms with Crippen molar-refractivity contribution in [2.45, 2.75) is 11.8 Å². The van der Waals surface area contributed by atoms with Crippen molar-refractivity contribution in [3.8, 4) is 11.3 Å². The molecule has 28 heavy (non-hydrogen) atoms. The minimum Gasteiger partial charge on any atom is -0.455 e. The number of halogens is 1. The second-order valence-electron chi connectivity index (χ2n) is 5.79. The normalized spacial score (nSPS) is 11.6. The van der Waals surface area contributed by atoms with E-state index in [1.54, 1.807) is 12.1 Å². The fraction of sp³-hybridized carbons (Fsp3) is 0.0556. The molecule has 0 spiro atoms. The van der Waals surface area contributed by atoms with Crippen LogP contribution in [0.3, 0.4) is 0 Å². The molecule has 1 aromatic heterocycles. The number of nitrogens with one attached hydrogen (secondary N) is 1. The average molecular weight is 420 g/mol. The molecule has 10 heteroatoms. The van der Waals surface area contributed by atoms with Gasteiger partial charge in [0.1, 0.15) is 11.5 Å². The van der Waals surface area contributed by atoms with Gasteiger partial charge in [-0.15, -0.1) is 0 Å². The monoisotopic (exact) mass is 419 g/mol. The molecule has 8 nitrogen and oxygen atoms in total. The van der Waals surface area contributed by atoms with Gasteiger partial charge in [0.25, 0.3) is 15.7 Å². The Morgan fingerprint density at radius 1 is 1.14 bits per heavy atom. The van der Waals surface area contributed by atoms with E-state index in [0.717, 1.165) is 11.8 Å². The van der Waals surface area contributed by atoms with Crippen molar-refractivity contribution in [3.05, 3.63) is 81.1 Å². The number of nitro benzene ring substituents is 1. The lowest BCUT2D eigenvalue weighted by molar-refractivity contribution is -0.384. The summed E-state index contributed by atoms with van der Waals surface area (Å²) < 4.78 is 29.8. The van der Waals surface area contributed by atoms with E-state index in [0.29, 0.717) is 0 Å². The Morgan fingerprint density at radius 3 is 2.54 bits per heavy atom. The molecular weight excluding hydrogens is 406 g/mol. The summed E-state index contributed by atoms with van der Waals surface area (Å²) >= 11 is 5.80. The molecule has 2 aromatic carbocycles. The van der Waals surface area contributed by atoms with Gasteiger partial charge in [-0.2, -0.15) is 18.4 Å². The average Bonchev–Trinajstić information content (AvgIpc) is 3.10. The van der Waals surface area contributed by atoms with E-state index in [9.17, 15) is 18.5 Å². The van der Waals surface area contributed by atoms with Gasteiger partial charge in [0, 0.05) is 11.1 Å². The van der Waals surface area contributed by atoms with Crippen LogP contribution in [-0.2, 0) is 10.0 Å². The highest BCUT2D eigenvalue weighted by Gasteiger charge is 2.18. The van der Waals surface area contributed by atoms with E-state index in [4.69, 9.17) is 16.0 Å². The zero-order valence-electron chi connectivity index (χ0n) is 14.5. The molecule has 0 aliphatic rings. The van der Waals surface area contributed by atoms with Gasteiger partial charge in [-0.05, 0) is 43.3 Å². The molecule has 0 amide bonds. The molecule has 0 radical (unpaired) electrons. The molecule has 1 N–H and O–H groups in total. The topological polar surface area (TPSA) is 115 Å². The quantitative estimate of drug-likeness (QED) is 0.366. The van der Waals surface area contributed by atoms with Crippen LogP contribution in [0.1, 0.15) is 11.3 Å². The van der Waals surface area contributed by atoms with Gasteiger partial charge in [-0.3, -0.25) is 10.1 Å². The number of aryl methyl sites for hydroxylation is 1. The molecule has 0 atom stereocenters. The summed E-state index contributed by atoms with van der Waals surface area (Å²) in [6, 6.07) is 13.5. The fourth-order valence-electron chi connectivity index (χ4n) is 2.36. The summed E-state index contributed by atoms with van der Waals surface area (Å²) in [6.07, 6.45) is 1.16. The summed E-state index contributed by atoms with van der Waals surface area (Å²) in [5.74, 6) is 0.442. The number of hydrogen-bond donors (Lipinski definition) is 1. The van der Waals surface area contributed by atoms with Crippen molar-refractivity contribution in [3.63, 3.8) is 0 Å². The second-order valence-corrected chi connectivity index (χ2v) is 7.88. The maximum atomic E-state index is 12.2. The summed E-state index contributed by atoms with van der Waals surface area (Å²) in [4.78, 5) is 12.8. The minimum atomic E-state index is -3.81. The van der Waals surface area contributed by atoms with Crippen molar-refractivity contribution in [2.24, 2.45) is 5.10 Å². The minimum absolute atomic E-state index is 0.0761. The lowest BCUT2D eigenvalue weighted by Crippen LogP contribution is -2.18. The molecule has 0 unspecified atom stereocenters. The van der Waals surface area contributed by atoms with Gasteiger partial charge >= 0.3 is 0 Å². The van der Waals surface area contributed by atoms with Gasteiger partial charge < -0.3 is 4.42 Å². The number of furan rings is 1. The van der Waals surface area contributed by atoms with Gasteiger partial charge in [0.05, 0.1) is 21.6 Å². The van der Waals surface area contributed by atoms with Crippen molar-refractivity contribution >= 4 is 33.5 Å². The molecule has 1 heterocycles. The van der Waals surface area contributed by atoms with E-state index in [2.05, 4.69) is 9.93 Å². The molecule has 144 valence electrons. The van der Waals surface area contributed by atoms with Gasteiger partial charge in [0.15, 0.2) is 0 Å². The lowest BCUT2D eigenvalue weighted by Gasteiger charge is -2.03. The van der Waals surface area contributed by atoms with E-state index in [1.165, 1.54) is 42.5 Å². The standard InChI is InChI=1S/C18H14ClN3O5S/c1-12-2-6-15(7-3-12)28(25,26)21-20-11-14-5-9-18(27-14)16-8-4-13(19)10-17(16)22(23)24/h2-11,21H,1H3/b20-11+. The fourth-order valence-corrected chi connectivity index (χ4v) is 3.32. The Labute approximate surface area is 165 Å². The van der Waals surface area contributed by atoms with E-state index in [1.807, 2.05) is 6.92 Å². The molecule has 0 aliphatic heterocycles. The maximum Gasteiger partial charge on any atom is 0.281 e. The van der Waals surface area contributed by atoms with Gasteiger partial charge in [-0.25, -0.2) is 0 Å². The van der Waals surface area contributed by atoms with Gasteiger partial charge in [0.2, 0.25) is 0 Å². The number of hydrogen-bond acceptors (Lipinski definition) is 6. The first kappa shape index (κ1) is 19.6. The Kier molecular flexibility index (Phi) is 5.48. The number of hydrazone groups is 1. The predicted molar refractivity (Wildman–Crippen MR) is 105 cm³/mol. The number of nitrogens with zero attached hydrogens (tertiary/aromatic N) is 2. The highest BCUT2D eigenvalue weighted by atomic mass is 35.5. The number of benzene rings is 2.